The van der Waals surface area contributed by atoms with Gasteiger partial charge in [-0.25, -0.2) is 4.98 Å². The van der Waals surface area contributed by atoms with Crippen molar-refractivity contribution < 1.29 is 10.2 Å². The average Bonchev–Trinajstić information content (AvgIpc) is 2.82. The Kier molecular flexibility index (Phi) is 1.16. The fourth-order valence-electron chi connectivity index (χ4n) is 1.61. The summed E-state index contributed by atoms with van der Waals surface area (Å²) in [6.07, 6.45) is 1.41. The summed E-state index contributed by atoms with van der Waals surface area (Å²) in [5.74, 6) is 0.0330. The number of fused-ring (bicyclic) bond motifs is 2. The molecule has 0 saturated heterocycles. The predicted molar refractivity (Wildman–Crippen MR) is 47.6 cm³/mol. The lowest BCUT2D eigenvalue weighted by Gasteiger charge is -2.03. The lowest BCUT2D eigenvalue weighted by molar-refractivity contribution is 0.466. The molecule has 70 valence electrons. The number of phenolic OH excluding ortho intramolecular Hbond substituents is 2. The highest BCUT2D eigenvalue weighted by molar-refractivity contribution is 5.94. The molecule has 1 aliphatic heterocycles. The third-order valence-electron chi connectivity index (χ3n) is 2.30. The van der Waals surface area contributed by atoms with E-state index in [-0.39, 0.29) is 11.5 Å². The van der Waals surface area contributed by atoms with Crippen LogP contribution in [0, 0.1) is 0 Å². The van der Waals surface area contributed by atoms with Crippen molar-refractivity contribution >= 4 is 16.7 Å². The zero-order valence-electron chi connectivity index (χ0n) is 7.02. The molecule has 6 heteroatoms. The number of benzene rings is 1. The van der Waals surface area contributed by atoms with Gasteiger partial charge in [0, 0.05) is 0 Å². The van der Waals surface area contributed by atoms with Crippen LogP contribution >= 0.6 is 0 Å². The van der Waals surface area contributed by atoms with Crippen LogP contribution in [0.4, 0.5) is 5.69 Å². The minimum atomic E-state index is -0.0321. The van der Waals surface area contributed by atoms with E-state index in [1.807, 2.05) is 0 Å². The summed E-state index contributed by atoms with van der Waals surface area (Å²) < 4.78 is 0. The maximum Gasteiger partial charge on any atom is 0.171 e. The highest BCUT2D eigenvalue weighted by Crippen LogP contribution is 2.46. The molecule has 0 radical (unpaired) electrons. The second kappa shape index (κ2) is 2.22. The van der Waals surface area contributed by atoms with Gasteiger partial charge in [-0.05, 0) is 0 Å². The van der Waals surface area contributed by atoms with Crippen molar-refractivity contribution in [3.8, 4) is 11.5 Å². The zero-order valence-corrected chi connectivity index (χ0v) is 7.02. The number of phenols is 2. The molecular formula is C8H6N4O2. The van der Waals surface area contributed by atoms with Crippen LogP contribution in [0.5, 0.6) is 11.5 Å². The Morgan fingerprint density at radius 3 is 3.00 bits per heavy atom. The van der Waals surface area contributed by atoms with Crippen molar-refractivity contribution in [2.24, 2.45) is 10.2 Å². The number of nitrogens with one attached hydrogen (secondary N) is 1. The molecule has 2 aromatic rings. The van der Waals surface area contributed by atoms with Gasteiger partial charge in [-0.2, -0.15) is 10.2 Å². The van der Waals surface area contributed by atoms with E-state index in [4.69, 9.17) is 0 Å². The third-order valence-corrected chi connectivity index (χ3v) is 2.30. The zero-order chi connectivity index (χ0) is 9.71. The Bertz CT molecular complexity index is 558. The highest BCUT2D eigenvalue weighted by Gasteiger charge is 2.23. The van der Waals surface area contributed by atoms with E-state index in [1.165, 1.54) is 6.33 Å². The molecule has 0 amide bonds. The summed E-state index contributed by atoms with van der Waals surface area (Å²) >= 11 is 0. The number of rotatable bonds is 0. The van der Waals surface area contributed by atoms with E-state index >= 15 is 0 Å². The SMILES string of the molecule is Oc1c2c(c(O)c3[nH]cnc13)CN=N2. The number of H-pyrrole nitrogens is 1. The Morgan fingerprint density at radius 2 is 2.14 bits per heavy atom. The molecule has 0 aliphatic carbocycles. The molecule has 1 aromatic heterocycles. The summed E-state index contributed by atoms with van der Waals surface area (Å²) in [6.45, 7) is 0.295. The quantitative estimate of drug-likeness (QED) is 0.550. The first-order chi connectivity index (χ1) is 6.79. The van der Waals surface area contributed by atoms with E-state index in [0.717, 1.165) is 0 Å². The summed E-state index contributed by atoms with van der Waals surface area (Å²) in [6, 6.07) is 0. The molecule has 1 aliphatic rings. The first-order valence-electron chi connectivity index (χ1n) is 4.06. The fraction of sp³-hybridized carbons (Fsp3) is 0.125. The highest BCUT2D eigenvalue weighted by atomic mass is 16.3. The molecule has 0 atom stereocenters. The molecule has 0 fully saturated rings. The number of imidazole rings is 1. The monoisotopic (exact) mass is 190 g/mol. The van der Waals surface area contributed by atoms with Crippen molar-refractivity contribution in [3.05, 3.63) is 11.9 Å². The number of hydrogen-bond acceptors (Lipinski definition) is 5. The van der Waals surface area contributed by atoms with Crippen LogP contribution in [0.15, 0.2) is 16.6 Å². The number of aromatic hydroxyl groups is 2. The van der Waals surface area contributed by atoms with Gasteiger partial charge >= 0.3 is 0 Å². The summed E-state index contributed by atoms with van der Waals surface area (Å²) in [4.78, 5) is 6.64. The lowest BCUT2D eigenvalue weighted by atomic mass is 10.1. The van der Waals surface area contributed by atoms with Crippen LogP contribution in [-0.2, 0) is 6.54 Å². The molecule has 6 nitrogen and oxygen atoms in total. The first kappa shape index (κ1) is 7.31. The van der Waals surface area contributed by atoms with Gasteiger partial charge in [-0.1, -0.05) is 0 Å². The van der Waals surface area contributed by atoms with Crippen LogP contribution in [0.2, 0.25) is 0 Å². The molecular weight excluding hydrogens is 184 g/mol. The van der Waals surface area contributed by atoms with E-state index in [9.17, 15) is 10.2 Å². The molecule has 1 aromatic carbocycles. The molecule has 3 rings (SSSR count). The maximum atomic E-state index is 9.78. The number of aromatic amines is 1. The third kappa shape index (κ3) is 0.681. The molecule has 0 spiro atoms. The van der Waals surface area contributed by atoms with Crippen LogP contribution in [0.3, 0.4) is 0 Å². The Hall–Kier alpha value is -2.11. The molecule has 0 saturated carbocycles. The first-order valence-corrected chi connectivity index (χ1v) is 4.06. The van der Waals surface area contributed by atoms with Crippen molar-refractivity contribution in [1.82, 2.24) is 9.97 Å². The second-order valence-corrected chi connectivity index (χ2v) is 3.05. The van der Waals surface area contributed by atoms with Crippen LogP contribution in [-0.4, -0.2) is 20.2 Å². The van der Waals surface area contributed by atoms with Crippen molar-refractivity contribution in [3.63, 3.8) is 0 Å². The van der Waals surface area contributed by atoms with E-state index in [0.29, 0.717) is 28.8 Å². The van der Waals surface area contributed by atoms with Gasteiger partial charge in [0.2, 0.25) is 0 Å². The second-order valence-electron chi connectivity index (χ2n) is 3.05. The molecule has 2 heterocycles. The number of aromatic nitrogens is 2. The summed E-state index contributed by atoms with van der Waals surface area (Å²) in [7, 11) is 0. The predicted octanol–water partition coefficient (Wildman–Crippen LogP) is 1.57. The number of nitrogens with zero attached hydrogens (tertiary/aromatic N) is 3. The van der Waals surface area contributed by atoms with Crippen LogP contribution < -0.4 is 0 Å². The van der Waals surface area contributed by atoms with Crippen molar-refractivity contribution in [2.75, 3.05) is 0 Å². The molecule has 0 bridgehead atoms. The normalized spacial score (nSPS) is 13.7. The average molecular weight is 190 g/mol. The van der Waals surface area contributed by atoms with Gasteiger partial charge in [0.25, 0.3) is 0 Å². The number of hydrogen-bond donors (Lipinski definition) is 3. The van der Waals surface area contributed by atoms with Crippen molar-refractivity contribution in [1.29, 1.82) is 0 Å². The molecule has 14 heavy (non-hydrogen) atoms. The van der Waals surface area contributed by atoms with E-state index < -0.39 is 0 Å². The van der Waals surface area contributed by atoms with Crippen LogP contribution in [0.1, 0.15) is 5.56 Å². The van der Waals surface area contributed by atoms with Gasteiger partial charge in [0.15, 0.2) is 5.75 Å². The lowest BCUT2D eigenvalue weighted by Crippen LogP contribution is -1.82. The minimum Gasteiger partial charge on any atom is -0.505 e. The topological polar surface area (TPSA) is 93.9 Å². The maximum absolute atomic E-state index is 9.78. The van der Waals surface area contributed by atoms with Gasteiger partial charge in [-0.3, -0.25) is 0 Å². The van der Waals surface area contributed by atoms with Gasteiger partial charge in [0.05, 0.1) is 18.4 Å². The summed E-state index contributed by atoms with van der Waals surface area (Å²) in [5, 5.41) is 27.0. The van der Waals surface area contributed by atoms with Gasteiger partial charge < -0.3 is 15.2 Å². The fourth-order valence-corrected chi connectivity index (χ4v) is 1.61. The molecule has 0 unspecified atom stereocenters. The Balaban J connectivity index is 2.55. The van der Waals surface area contributed by atoms with Crippen molar-refractivity contribution in [2.45, 2.75) is 6.54 Å². The Labute approximate surface area is 77.9 Å². The van der Waals surface area contributed by atoms with Crippen LogP contribution in [0.25, 0.3) is 11.0 Å². The largest absolute Gasteiger partial charge is 0.505 e. The number of azo groups is 1. The van der Waals surface area contributed by atoms with E-state index in [1.54, 1.807) is 0 Å². The van der Waals surface area contributed by atoms with Gasteiger partial charge in [-0.15, -0.1) is 0 Å². The van der Waals surface area contributed by atoms with Gasteiger partial charge in [0.1, 0.15) is 22.5 Å². The smallest absolute Gasteiger partial charge is 0.171 e. The standard InChI is InChI=1S/C8H6N4O2/c13-7-3-1-11-12-4(3)8(14)6-5(7)9-2-10-6/h2,13-14H,1H2,(H,9,10). The Morgan fingerprint density at radius 1 is 1.29 bits per heavy atom. The minimum absolute atomic E-state index is 0.0321. The summed E-state index contributed by atoms with van der Waals surface area (Å²) in [5.41, 5.74) is 1.61. The van der Waals surface area contributed by atoms with E-state index in [2.05, 4.69) is 20.2 Å². The molecule has 3 N–H and O–H groups in total.